The van der Waals surface area contributed by atoms with E-state index in [0.29, 0.717) is 29.1 Å². The van der Waals surface area contributed by atoms with Gasteiger partial charge in [0.15, 0.2) is 0 Å². The predicted molar refractivity (Wildman–Crippen MR) is 127 cm³/mol. The number of rotatable bonds is 7. The molecule has 0 aliphatic carbocycles. The highest BCUT2D eigenvalue weighted by molar-refractivity contribution is 7.25. The Morgan fingerprint density at radius 1 is 1.19 bits per heavy atom. The predicted octanol–water partition coefficient (Wildman–Crippen LogP) is 4.99. The van der Waals surface area contributed by atoms with Crippen LogP contribution in [0, 0.1) is 13.8 Å². The second-order valence-corrected chi connectivity index (χ2v) is 8.72. The van der Waals surface area contributed by atoms with Gasteiger partial charge in [0.05, 0.1) is 18.3 Å². The van der Waals surface area contributed by atoms with Gasteiger partial charge in [0.2, 0.25) is 0 Å². The molecular formula is C24H26N4O2S. The number of methoxy groups -OCH3 is 1. The highest BCUT2D eigenvalue weighted by Crippen LogP contribution is 2.33. The zero-order valence-corrected chi connectivity index (χ0v) is 19.1. The first-order valence-corrected chi connectivity index (χ1v) is 11.3. The molecule has 3 heterocycles. The van der Waals surface area contributed by atoms with Gasteiger partial charge in [-0.25, -0.2) is 9.97 Å². The molecule has 0 N–H and O–H groups in total. The van der Waals surface area contributed by atoms with E-state index >= 15 is 0 Å². The van der Waals surface area contributed by atoms with Crippen LogP contribution in [0.3, 0.4) is 0 Å². The third kappa shape index (κ3) is 4.29. The van der Waals surface area contributed by atoms with E-state index in [4.69, 9.17) is 9.72 Å². The van der Waals surface area contributed by atoms with Crippen LogP contribution in [0.4, 0.5) is 0 Å². The number of benzene rings is 1. The average Bonchev–Trinajstić information content (AvgIpc) is 3.11. The van der Waals surface area contributed by atoms with Crippen molar-refractivity contribution in [3.8, 4) is 0 Å². The SMILES string of the molecule is CCCCc1nc2c(sc3nc(C)cc(COC)c32)c(=O)n1N=Cc1ccc(C)cc1. The molecule has 0 spiro atoms. The smallest absolute Gasteiger partial charge is 0.292 e. The van der Waals surface area contributed by atoms with Crippen LogP contribution in [-0.2, 0) is 17.8 Å². The van der Waals surface area contributed by atoms with E-state index in [9.17, 15) is 4.79 Å². The van der Waals surface area contributed by atoms with Crippen LogP contribution in [0.1, 0.15) is 48.0 Å². The number of thiophene rings is 1. The number of hydrogen-bond acceptors (Lipinski definition) is 6. The van der Waals surface area contributed by atoms with Gasteiger partial charge in [-0.1, -0.05) is 43.2 Å². The van der Waals surface area contributed by atoms with Crippen molar-refractivity contribution in [1.29, 1.82) is 0 Å². The molecule has 7 heteroatoms. The van der Waals surface area contributed by atoms with Crippen LogP contribution in [0.25, 0.3) is 20.4 Å². The maximum absolute atomic E-state index is 13.5. The largest absolute Gasteiger partial charge is 0.380 e. The van der Waals surface area contributed by atoms with E-state index < -0.39 is 0 Å². The highest BCUT2D eigenvalue weighted by Gasteiger charge is 2.19. The Kier molecular flexibility index (Phi) is 6.25. The summed E-state index contributed by atoms with van der Waals surface area (Å²) < 4.78 is 7.43. The van der Waals surface area contributed by atoms with E-state index in [0.717, 1.165) is 39.9 Å². The van der Waals surface area contributed by atoms with Gasteiger partial charge in [0.25, 0.3) is 5.56 Å². The fourth-order valence-electron chi connectivity index (χ4n) is 3.60. The van der Waals surface area contributed by atoms with E-state index in [1.165, 1.54) is 21.6 Å². The maximum atomic E-state index is 13.5. The number of nitrogens with zero attached hydrogens (tertiary/aromatic N) is 4. The molecule has 4 rings (SSSR count). The zero-order chi connectivity index (χ0) is 22.0. The molecule has 4 aromatic rings. The van der Waals surface area contributed by atoms with Crippen molar-refractivity contribution in [2.45, 2.75) is 46.6 Å². The molecule has 0 unspecified atom stereocenters. The summed E-state index contributed by atoms with van der Waals surface area (Å²) in [6, 6.07) is 10.0. The summed E-state index contributed by atoms with van der Waals surface area (Å²) in [4.78, 5) is 23.9. The minimum absolute atomic E-state index is 0.150. The van der Waals surface area contributed by atoms with Gasteiger partial charge in [-0.15, -0.1) is 11.3 Å². The minimum Gasteiger partial charge on any atom is -0.380 e. The maximum Gasteiger partial charge on any atom is 0.292 e. The third-order valence-corrected chi connectivity index (χ3v) is 6.23. The molecule has 0 radical (unpaired) electrons. The van der Waals surface area contributed by atoms with Crippen LogP contribution in [0.2, 0.25) is 0 Å². The quantitative estimate of drug-likeness (QED) is 0.384. The van der Waals surface area contributed by atoms with Crippen LogP contribution in [-0.4, -0.2) is 28.0 Å². The van der Waals surface area contributed by atoms with Gasteiger partial charge in [-0.05, 0) is 37.5 Å². The molecule has 0 saturated heterocycles. The molecular weight excluding hydrogens is 408 g/mol. The molecule has 0 aliphatic heterocycles. The lowest BCUT2D eigenvalue weighted by atomic mass is 10.1. The van der Waals surface area contributed by atoms with Crippen molar-refractivity contribution in [3.63, 3.8) is 0 Å². The van der Waals surface area contributed by atoms with Crippen molar-refractivity contribution < 1.29 is 4.74 Å². The fourth-order valence-corrected chi connectivity index (χ4v) is 4.73. The summed E-state index contributed by atoms with van der Waals surface area (Å²) in [5.74, 6) is 0.673. The molecule has 160 valence electrons. The number of unbranched alkanes of at least 4 members (excludes halogenated alkanes) is 1. The second-order valence-electron chi connectivity index (χ2n) is 7.72. The third-order valence-electron chi connectivity index (χ3n) is 5.17. The van der Waals surface area contributed by atoms with Crippen molar-refractivity contribution >= 4 is 38.0 Å². The Morgan fingerprint density at radius 2 is 1.97 bits per heavy atom. The Labute approximate surface area is 185 Å². The fraction of sp³-hybridized carbons (Fsp3) is 0.333. The van der Waals surface area contributed by atoms with E-state index in [2.05, 4.69) is 17.0 Å². The molecule has 31 heavy (non-hydrogen) atoms. The highest BCUT2D eigenvalue weighted by atomic mass is 32.1. The minimum atomic E-state index is -0.150. The van der Waals surface area contributed by atoms with Crippen LogP contribution >= 0.6 is 11.3 Å². The van der Waals surface area contributed by atoms with Crippen molar-refractivity contribution in [3.05, 3.63) is 68.9 Å². The zero-order valence-electron chi connectivity index (χ0n) is 18.3. The monoisotopic (exact) mass is 434 g/mol. The first-order chi connectivity index (χ1) is 15.0. The number of aryl methyl sites for hydroxylation is 3. The van der Waals surface area contributed by atoms with Crippen LogP contribution in [0.15, 0.2) is 40.2 Å². The molecule has 0 aliphatic rings. The molecule has 0 fully saturated rings. The Hall–Kier alpha value is -2.90. The number of pyridine rings is 1. The summed E-state index contributed by atoms with van der Waals surface area (Å²) in [7, 11) is 1.67. The van der Waals surface area contributed by atoms with E-state index in [1.54, 1.807) is 13.3 Å². The Morgan fingerprint density at radius 3 is 2.68 bits per heavy atom. The van der Waals surface area contributed by atoms with Crippen LogP contribution < -0.4 is 5.56 Å². The standard InChI is InChI=1S/C24H26N4O2S/c1-5-6-7-19-27-21-20-18(14-30-4)12-16(3)26-23(20)31-22(21)24(29)28(19)25-13-17-10-8-15(2)9-11-17/h8-13H,5-7,14H2,1-4H3. The summed E-state index contributed by atoms with van der Waals surface area (Å²) in [6.45, 7) is 6.57. The van der Waals surface area contributed by atoms with Gasteiger partial charge in [-0.2, -0.15) is 9.78 Å². The van der Waals surface area contributed by atoms with Gasteiger partial charge < -0.3 is 4.74 Å². The number of hydrogen-bond donors (Lipinski definition) is 0. The van der Waals surface area contributed by atoms with Gasteiger partial charge >= 0.3 is 0 Å². The van der Waals surface area contributed by atoms with Gasteiger partial charge in [0, 0.05) is 24.6 Å². The molecule has 6 nitrogen and oxygen atoms in total. The van der Waals surface area contributed by atoms with Crippen molar-refractivity contribution in [1.82, 2.24) is 14.6 Å². The average molecular weight is 435 g/mol. The number of fused-ring (bicyclic) bond motifs is 3. The summed E-state index contributed by atoms with van der Waals surface area (Å²) in [5, 5.41) is 5.45. The topological polar surface area (TPSA) is 69.4 Å². The lowest BCUT2D eigenvalue weighted by Gasteiger charge is -2.08. The molecule has 0 bridgehead atoms. The van der Waals surface area contributed by atoms with E-state index in [1.807, 2.05) is 44.2 Å². The summed E-state index contributed by atoms with van der Waals surface area (Å²) >= 11 is 1.38. The first-order valence-electron chi connectivity index (χ1n) is 10.5. The molecule has 0 saturated carbocycles. The molecule has 3 aromatic heterocycles. The van der Waals surface area contributed by atoms with Crippen molar-refractivity contribution in [2.75, 3.05) is 7.11 Å². The lowest BCUT2D eigenvalue weighted by molar-refractivity contribution is 0.186. The molecule has 0 atom stereocenters. The summed E-state index contributed by atoms with van der Waals surface area (Å²) in [5.41, 5.74) is 4.58. The Bertz CT molecular complexity index is 1320. The number of aromatic nitrogens is 3. The van der Waals surface area contributed by atoms with Crippen molar-refractivity contribution in [2.24, 2.45) is 5.10 Å². The summed E-state index contributed by atoms with van der Waals surface area (Å²) in [6.07, 6.45) is 4.34. The Balaban J connectivity index is 1.93. The van der Waals surface area contributed by atoms with Crippen LogP contribution in [0.5, 0.6) is 0 Å². The normalized spacial score (nSPS) is 11.9. The van der Waals surface area contributed by atoms with E-state index in [-0.39, 0.29) is 5.56 Å². The molecule has 0 amide bonds. The first kappa shape index (κ1) is 21.3. The lowest BCUT2D eigenvalue weighted by Crippen LogP contribution is -2.21. The van der Waals surface area contributed by atoms with Gasteiger partial charge in [0.1, 0.15) is 15.4 Å². The second kappa shape index (κ2) is 9.08. The number of ether oxygens (including phenoxy) is 1. The molecule has 1 aromatic carbocycles. The van der Waals surface area contributed by atoms with Gasteiger partial charge in [-0.3, -0.25) is 4.79 Å².